The zero-order valence-electron chi connectivity index (χ0n) is 13.7. The topological polar surface area (TPSA) is 93.2 Å². The van der Waals surface area contributed by atoms with Crippen LogP contribution in [0.15, 0.2) is 36.7 Å². The normalized spacial score (nSPS) is 10.1. The van der Waals surface area contributed by atoms with Gasteiger partial charge in [-0.05, 0) is 43.2 Å². The standard InChI is InChI=1S/C17H20N4O3/c1-12-8-13(2)10-14(9-12)21-15(22)11-24-16(23)4-7-20-17-18-5-3-6-19-17/h3,5-6,8-10H,4,7,11H2,1-2H3,(H,21,22)(H,18,19,20). The maximum Gasteiger partial charge on any atom is 0.308 e. The lowest BCUT2D eigenvalue weighted by molar-refractivity contribution is -0.147. The molecule has 0 spiro atoms. The maximum atomic E-state index is 11.8. The minimum absolute atomic E-state index is 0.120. The number of carbonyl (C=O) groups excluding carboxylic acids is 2. The van der Waals surface area contributed by atoms with Crippen LogP contribution in [0.2, 0.25) is 0 Å². The quantitative estimate of drug-likeness (QED) is 0.756. The van der Waals surface area contributed by atoms with E-state index in [1.54, 1.807) is 18.5 Å². The molecule has 2 N–H and O–H groups in total. The molecular weight excluding hydrogens is 308 g/mol. The van der Waals surface area contributed by atoms with Gasteiger partial charge in [0.15, 0.2) is 6.61 Å². The molecule has 0 fully saturated rings. The van der Waals surface area contributed by atoms with E-state index in [-0.39, 0.29) is 18.9 Å². The van der Waals surface area contributed by atoms with Gasteiger partial charge >= 0.3 is 5.97 Å². The molecule has 1 aromatic carbocycles. The van der Waals surface area contributed by atoms with Crippen LogP contribution in [0.1, 0.15) is 17.5 Å². The van der Waals surface area contributed by atoms with Crippen molar-refractivity contribution in [2.45, 2.75) is 20.3 Å². The number of amides is 1. The van der Waals surface area contributed by atoms with Crippen molar-refractivity contribution in [3.63, 3.8) is 0 Å². The van der Waals surface area contributed by atoms with Crippen molar-refractivity contribution in [3.8, 4) is 0 Å². The average molecular weight is 328 g/mol. The SMILES string of the molecule is Cc1cc(C)cc(NC(=O)COC(=O)CCNc2ncccn2)c1. The Balaban J connectivity index is 1.68. The number of esters is 1. The van der Waals surface area contributed by atoms with E-state index >= 15 is 0 Å². The highest BCUT2D eigenvalue weighted by Crippen LogP contribution is 2.13. The van der Waals surface area contributed by atoms with E-state index in [9.17, 15) is 9.59 Å². The van der Waals surface area contributed by atoms with Crippen LogP contribution in [-0.2, 0) is 14.3 Å². The van der Waals surface area contributed by atoms with Crippen LogP contribution >= 0.6 is 0 Å². The van der Waals surface area contributed by atoms with E-state index in [0.29, 0.717) is 18.2 Å². The third-order valence-corrected chi connectivity index (χ3v) is 3.05. The Morgan fingerprint density at radius 3 is 2.42 bits per heavy atom. The second-order valence-corrected chi connectivity index (χ2v) is 5.33. The number of benzene rings is 1. The fraction of sp³-hybridized carbons (Fsp3) is 0.294. The van der Waals surface area contributed by atoms with E-state index in [4.69, 9.17) is 4.74 Å². The number of hydrogen-bond donors (Lipinski definition) is 2. The zero-order valence-corrected chi connectivity index (χ0v) is 13.7. The van der Waals surface area contributed by atoms with Crippen molar-refractivity contribution in [2.24, 2.45) is 0 Å². The predicted molar refractivity (Wildman–Crippen MR) is 90.6 cm³/mol. The van der Waals surface area contributed by atoms with Crippen LogP contribution in [0.5, 0.6) is 0 Å². The number of ether oxygens (including phenoxy) is 1. The van der Waals surface area contributed by atoms with E-state index in [1.807, 2.05) is 32.0 Å². The molecule has 0 aliphatic rings. The molecule has 24 heavy (non-hydrogen) atoms. The summed E-state index contributed by atoms with van der Waals surface area (Å²) in [5, 5.41) is 5.60. The van der Waals surface area contributed by atoms with Crippen molar-refractivity contribution >= 4 is 23.5 Å². The summed E-state index contributed by atoms with van der Waals surface area (Å²) in [6, 6.07) is 7.43. The average Bonchev–Trinajstić information content (AvgIpc) is 2.53. The summed E-state index contributed by atoms with van der Waals surface area (Å²) in [4.78, 5) is 31.4. The van der Waals surface area contributed by atoms with Gasteiger partial charge in [0.1, 0.15) is 0 Å². The Kier molecular flexibility index (Phi) is 6.24. The van der Waals surface area contributed by atoms with Crippen LogP contribution < -0.4 is 10.6 Å². The van der Waals surface area contributed by atoms with Crippen LogP contribution in [-0.4, -0.2) is 35.0 Å². The monoisotopic (exact) mass is 328 g/mol. The molecule has 0 bridgehead atoms. The van der Waals surface area contributed by atoms with E-state index < -0.39 is 5.97 Å². The number of rotatable bonds is 7. The molecule has 0 radical (unpaired) electrons. The van der Waals surface area contributed by atoms with Crippen molar-refractivity contribution in [2.75, 3.05) is 23.8 Å². The van der Waals surface area contributed by atoms with Crippen LogP contribution in [0.25, 0.3) is 0 Å². The van der Waals surface area contributed by atoms with Crippen LogP contribution in [0.3, 0.4) is 0 Å². The lowest BCUT2D eigenvalue weighted by Gasteiger charge is -2.08. The lowest BCUT2D eigenvalue weighted by Crippen LogP contribution is -2.22. The minimum atomic E-state index is -0.464. The van der Waals surface area contributed by atoms with Gasteiger partial charge in [-0.2, -0.15) is 0 Å². The lowest BCUT2D eigenvalue weighted by atomic mass is 10.1. The molecule has 2 aromatic rings. The van der Waals surface area contributed by atoms with Gasteiger partial charge in [0, 0.05) is 24.6 Å². The summed E-state index contributed by atoms with van der Waals surface area (Å²) >= 11 is 0. The smallest absolute Gasteiger partial charge is 0.308 e. The van der Waals surface area contributed by atoms with Gasteiger partial charge in [-0.1, -0.05) is 6.07 Å². The van der Waals surface area contributed by atoms with Crippen molar-refractivity contribution in [1.82, 2.24) is 9.97 Å². The third-order valence-electron chi connectivity index (χ3n) is 3.05. The molecule has 0 aliphatic carbocycles. The summed E-state index contributed by atoms with van der Waals surface area (Å²) in [5.74, 6) is -0.389. The van der Waals surface area contributed by atoms with E-state index in [0.717, 1.165) is 11.1 Å². The minimum Gasteiger partial charge on any atom is -0.456 e. The number of aryl methyl sites for hydroxylation is 2. The highest BCUT2D eigenvalue weighted by molar-refractivity contribution is 5.92. The molecule has 1 aromatic heterocycles. The van der Waals surface area contributed by atoms with Crippen LogP contribution in [0, 0.1) is 13.8 Å². The second-order valence-electron chi connectivity index (χ2n) is 5.33. The van der Waals surface area contributed by atoms with Gasteiger partial charge in [0.05, 0.1) is 6.42 Å². The molecule has 0 saturated carbocycles. The van der Waals surface area contributed by atoms with Crippen molar-refractivity contribution < 1.29 is 14.3 Å². The summed E-state index contributed by atoms with van der Waals surface area (Å²) < 4.78 is 4.94. The summed E-state index contributed by atoms with van der Waals surface area (Å²) in [5.41, 5.74) is 2.80. The predicted octanol–water partition coefficient (Wildman–Crippen LogP) is 2.08. The van der Waals surface area contributed by atoms with Gasteiger partial charge in [-0.15, -0.1) is 0 Å². The molecule has 0 atom stereocenters. The molecule has 7 heteroatoms. The fourth-order valence-electron chi connectivity index (χ4n) is 2.13. The summed E-state index contributed by atoms with van der Waals surface area (Å²) in [6.07, 6.45) is 3.32. The number of nitrogens with one attached hydrogen (secondary N) is 2. The van der Waals surface area contributed by atoms with Gasteiger partial charge in [0.2, 0.25) is 5.95 Å². The van der Waals surface area contributed by atoms with Crippen molar-refractivity contribution in [1.29, 1.82) is 0 Å². The van der Waals surface area contributed by atoms with Gasteiger partial charge in [0.25, 0.3) is 5.91 Å². The Labute approximate surface area is 140 Å². The number of carbonyl (C=O) groups is 2. The second kappa shape index (κ2) is 8.61. The Bertz CT molecular complexity index is 684. The van der Waals surface area contributed by atoms with Gasteiger partial charge in [-0.25, -0.2) is 9.97 Å². The number of aromatic nitrogens is 2. The highest BCUT2D eigenvalue weighted by atomic mass is 16.5. The Morgan fingerprint density at radius 2 is 1.75 bits per heavy atom. The van der Waals surface area contributed by atoms with Gasteiger partial charge in [-0.3, -0.25) is 9.59 Å². The Morgan fingerprint density at radius 1 is 1.08 bits per heavy atom. The number of anilines is 2. The third kappa shape index (κ3) is 6.04. The molecule has 126 valence electrons. The first-order valence-corrected chi connectivity index (χ1v) is 7.57. The summed E-state index contributed by atoms with van der Waals surface area (Å²) in [6.45, 7) is 3.92. The highest BCUT2D eigenvalue weighted by Gasteiger charge is 2.08. The number of hydrogen-bond acceptors (Lipinski definition) is 6. The first-order chi connectivity index (χ1) is 11.5. The zero-order chi connectivity index (χ0) is 17.4. The molecule has 7 nitrogen and oxygen atoms in total. The molecule has 1 heterocycles. The molecule has 0 unspecified atom stereocenters. The van der Waals surface area contributed by atoms with E-state index in [2.05, 4.69) is 20.6 Å². The van der Waals surface area contributed by atoms with E-state index in [1.165, 1.54) is 0 Å². The molecule has 0 aliphatic heterocycles. The first-order valence-electron chi connectivity index (χ1n) is 7.57. The number of nitrogens with zero attached hydrogens (tertiary/aromatic N) is 2. The Hall–Kier alpha value is -2.96. The molecular formula is C17H20N4O3. The fourth-order valence-corrected chi connectivity index (χ4v) is 2.13. The molecule has 1 amide bonds. The molecule has 0 saturated heterocycles. The molecule has 2 rings (SSSR count). The summed E-state index contributed by atoms with van der Waals surface area (Å²) in [7, 11) is 0. The van der Waals surface area contributed by atoms with Crippen molar-refractivity contribution in [3.05, 3.63) is 47.8 Å². The van der Waals surface area contributed by atoms with Gasteiger partial charge < -0.3 is 15.4 Å². The first kappa shape index (κ1) is 17.4. The largest absolute Gasteiger partial charge is 0.456 e. The maximum absolute atomic E-state index is 11.8. The van der Waals surface area contributed by atoms with Crippen LogP contribution in [0.4, 0.5) is 11.6 Å².